The summed E-state index contributed by atoms with van der Waals surface area (Å²) in [5, 5.41) is 8.07. The number of ether oxygens (including phenoxy) is 1. The van der Waals surface area contributed by atoms with E-state index in [0.717, 1.165) is 16.9 Å². The molecule has 6 nitrogen and oxygen atoms in total. The lowest BCUT2D eigenvalue weighted by molar-refractivity contribution is 0.285. The third-order valence-corrected chi connectivity index (χ3v) is 2.90. The van der Waals surface area contributed by atoms with Gasteiger partial charge in [-0.15, -0.1) is 0 Å². The molecule has 0 saturated heterocycles. The van der Waals surface area contributed by atoms with Gasteiger partial charge < -0.3 is 9.26 Å². The van der Waals surface area contributed by atoms with Gasteiger partial charge in [-0.05, 0) is 5.92 Å². The van der Waals surface area contributed by atoms with Crippen LogP contribution in [0, 0.1) is 0 Å². The molecule has 3 aromatic rings. The van der Waals surface area contributed by atoms with Gasteiger partial charge in [0.1, 0.15) is 18.6 Å². The number of hydrogen-bond acceptors (Lipinski definition) is 5. The van der Waals surface area contributed by atoms with Crippen molar-refractivity contribution in [2.75, 3.05) is 0 Å². The van der Waals surface area contributed by atoms with Crippen LogP contribution < -0.4 is 4.74 Å². The summed E-state index contributed by atoms with van der Waals surface area (Å²) >= 11 is 0. The largest absolute Gasteiger partial charge is 0.484 e. The molecule has 0 aliphatic carbocycles. The summed E-state index contributed by atoms with van der Waals surface area (Å²) in [7, 11) is 0. The summed E-state index contributed by atoms with van der Waals surface area (Å²) in [5.41, 5.74) is 2.67. The van der Waals surface area contributed by atoms with Gasteiger partial charge in [0.15, 0.2) is 11.4 Å². The Morgan fingerprint density at radius 1 is 1.42 bits per heavy atom. The van der Waals surface area contributed by atoms with E-state index in [1.54, 1.807) is 29.4 Å². The maximum Gasteiger partial charge on any atom is 0.156 e. The predicted molar refractivity (Wildman–Crippen MR) is 67.9 cm³/mol. The highest BCUT2D eigenvalue weighted by Gasteiger charge is 2.12. The van der Waals surface area contributed by atoms with Crippen LogP contribution in [0.4, 0.5) is 0 Å². The minimum absolute atomic E-state index is 0.358. The Hall–Kier alpha value is -2.37. The Bertz CT molecular complexity index is 687. The number of fused-ring (bicyclic) bond motifs is 1. The van der Waals surface area contributed by atoms with Crippen LogP contribution in [0.3, 0.4) is 0 Å². The zero-order valence-electron chi connectivity index (χ0n) is 10.8. The molecule has 0 aromatic carbocycles. The van der Waals surface area contributed by atoms with Gasteiger partial charge in [0.25, 0.3) is 0 Å². The fraction of sp³-hybridized carbons (Fsp3) is 0.308. The predicted octanol–water partition coefficient (Wildman–Crippen LogP) is 2.42. The summed E-state index contributed by atoms with van der Waals surface area (Å²) in [6.07, 6.45) is 6.82. The Labute approximate surface area is 110 Å². The van der Waals surface area contributed by atoms with Crippen LogP contribution in [0.1, 0.15) is 31.0 Å². The molecule has 0 saturated carbocycles. The molecular formula is C13H14N4O2. The molecule has 0 N–H and O–H groups in total. The average Bonchev–Trinajstić information content (AvgIpc) is 3.04. The van der Waals surface area contributed by atoms with Gasteiger partial charge in [-0.2, -0.15) is 5.10 Å². The van der Waals surface area contributed by atoms with E-state index >= 15 is 0 Å². The van der Waals surface area contributed by atoms with Gasteiger partial charge in [-0.1, -0.05) is 19.0 Å². The molecule has 98 valence electrons. The number of nitrogens with zero attached hydrogens (tertiary/aromatic N) is 4. The lowest BCUT2D eigenvalue weighted by Gasteiger charge is -2.06. The van der Waals surface area contributed by atoms with Crippen molar-refractivity contribution in [1.29, 1.82) is 0 Å². The first-order valence-electron chi connectivity index (χ1n) is 6.09. The molecule has 0 atom stereocenters. The van der Waals surface area contributed by atoms with Crippen molar-refractivity contribution in [3.05, 3.63) is 42.2 Å². The lowest BCUT2D eigenvalue weighted by Crippen LogP contribution is -2.02. The summed E-state index contributed by atoms with van der Waals surface area (Å²) in [6, 6.07) is 1.83. The van der Waals surface area contributed by atoms with Gasteiger partial charge in [-0.3, -0.25) is 0 Å². The third-order valence-electron chi connectivity index (χ3n) is 2.90. The maximum absolute atomic E-state index is 5.67. The van der Waals surface area contributed by atoms with E-state index in [9.17, 15) is 0 Å². The molecule has 0 aliphatic heterocycles. The van der Waals surface area contributed by atoms with Crippen LogP contribution in [-0.4, -0.2) is 19.8 Å². The molecule has 0 unspecified atom stereocenters. The van der Waals surface area contributed by atoms with Crippen molar-refractivity contribution in [1.82, 2.24) is 19.8 Å². The molecule has 3 aromatic heterocycles. The van der Waals surface area contributed by atoms with Crippen LogP contribution in [0.5, 0.6) is 5.75 Å². The molecule has 0 aliphatic rings. The monoisotopic (exact) mass is 258 g/mol. The fourth-order valence-electron chi connectivity index (χ4n) is 1.87. The van der Waals surface area contributed by atoms with Gasteiger partial charge in [-0.25, -0.2) is 9.50 Å². The molecule has 3 rings (SSSR count). The van der Waals surface area contributed by atoms with E-state index in [4.69, 9.17) is 9.26 Å². The number of rotatable bonds is 4. The normalized spacial score (nSPS) is 11.3. The standard InChI is InChI=1S/C13H14N4O2/c1-9(2)11-7-19-16-12(11)8-18-10-5-14-13-3-4-15-17(13)6-10/h3-7,9H,8H2,1-2H3. The second kappa shape index (κ2) is 4.72. The number of aromatic nitrogens is 4. The molecule has 19 heavy (non-hydrogen) atoms. The first kappa shape index (κ1) is 11.7. The van der Waals surface area contributed by atoms with E-state index < -0.39 is 0 Å². The van der Waals surface area contributed by atoms with E-state index in [0.29, 0.717) is 18.3 Å². The second-order valence-corrected chi connectivity index (χ2v) is 4.58. The van der Waals surface area contributed by atoms with Crippen LogP contribution in [0.2, 0.25) is 0 Å². The van der Waals surface area contributed by atoms with Crippen LogP contribution in [-0.2, 0) is 6.61 Å². The highest BCUT2D eigenvalue weighted by Crippen LogP contribution is 2.20. The molecule has 0 fully saturated rings. The van der Waals surface area contributed by atoms with Crippen molar-refractivity contribution in [2.24, 2.45) is 0 Å². The minimum atomic E-state index is 0.358. The number of hydrogen-bond donors (Lipinski definition) is 0. The Kier molecular flexibility index (Phi) is 2.91. The maximum atomic E-state index is 5.67. The highest BCUT2D eigenvalue weighted by atomic mass is 16.5. The Morgan fingerprint density at radius 3 is 3.16 bits per heavy atom. The first-order valence-corrected chi connectivity index (χ1v) is 6.09. The van der Waals surface area contributed by atoms with E-state index in [-0.39, 0.29) is 0 Å². The van der Waals surface area contributed by atoms with E-state index in [1.807, 2.05) is 6.07 Å². The van der Waals surface area contributed by atoms with Crippen LogP contribution >= 0.6 is 0 Å². The van der Waals surface area contributed by atoms with Gasteiger partial charge in [0, 0.05) is 11.6 Å². The highest BCUT2D eigenvalue weighted by molar-refractivity contribution is 5.37. The summed E-state index contributed by atoms with van der Waals surface area (Å²) in [6.45, 7) is 4.54. The molecule has 0 radical (unpaired) electrons. The SMILES string of the molecule is CC(C)c1conc1COc1cnc2ccnn2c1. The quantitative estimate of drug-likeness (QED) is 0.719. The van der Waals surface area contributed by atoms with Gasteiger partial charge in [0.2, 0.25) is 0 Å². The summed E-state index contributed by atoms with van der Waals surface area (Å²) in [5.74, 6) is 1.01. The van der Waals surface area contributed by atoms with Crippen LogP contribution in [0.25, 0.3) is 5.65 Å². The Balaban J connectivity index is 1.76. The lowest BCUT2D eigenvalue weighted by atomic mass is 10.1. The van der Waals surface area contributed by atoms with Crippen molar-refractivity contribution >= 4 is 5.65 Å². The molecule has 6 heteroatoms. The van der Waals surface area contributed by atoms with E-state index in [2.05, 4.69) is 29.1 Å². The summed E-state index contributed by atoms with van der Waals surface area (Å²) < 4.78 is 12.3. The summed E-state index contributed by atoms with van der Waals surface area (Å²) in [4.78, 5) is 4.23. The zero-order chi connectivity index (χ0) is 13.2. The van der Waals surface area contributed by atoms with Crippen molar-refractivity contribution in [3.63, 3.8) is 0 Å². The molecule has 0 amide bonds. The van der Waals surface area contributed by atoms with Gasteiger partial charge >= 0.3 is 0 Å². The van der Waals surface area contributed by atoms with Crippen LogP contribution in [0.15, 0.2) is 35.4 Å². The molecule has 3 heterocycles. The van der Waals surface area contributed by atoms with Crippen molar-refractivity contribution in [3.8, 4) is 5.75 Å². The molecular weight excluding hydrogens is 244 g/mol. The molecule has 0 spiro atoms. The Morgan fingerprint density at radius 2 is 2.32 bits per heavy atom. The van der Waals surface area contributed by atoms with Crippen molar-refractivity contribution in [2.45, 2.75) is 26.4 Å². The zero-order valence-corrected chi connectivity index (χ0v) is 10.8. The first-order chi connectivity index (χ1) is 9.24. The van der Waals surface area contributed by atoms with Crippen molar-refractivity contribution < 1.29 is 9.26 Å². The van der Waals surface area contributed by atoms with Gasteiger partial charge in [0.05, 0.1) is 18.6 Å². The minimum Gasteiger partial charge on any atom is -0.484 e. The smallest absolute Gasteiger partial charge is 0.156 e. The second-order valence-electron chi connectivity index (χ2n) is 4.58. The fourth-order valence-corrected chi connectivity index (χ4v) is 1.87. The third kappa shape index (κ3) is 2.29. The van der Waals surface area contributed by atoms with E-state index in [1.165, 1.54) is 0 Å². The topological polar surface area (TPSA) is 65.5 Å². The molecule has 0 bridgehead atoms. The average molecular weight is 258 g/mol.